The van der Waals surface area contributed by atoms with Crippen LogP contribution in [-0.4, -0.2) is 18.2 Å². The Morgan fingerprint density at radius 1 is 1.25 bits per heavy atom. The molecule has 2 aromatic rings. The van der Waals surface area contributed by atoms with Crippen molar-refractivity contribution in [2.45, 2.75) is 12.8 Å². The fourth-order valence-electron chi connectivity index (χ4n) is 2.29. The van der Waals surface area contributed by atoms with E-state index in [0.717, 1.165) is 36.0 Å². The Bertz CT molecular complexity index is 549. The lowest BCUT2D eigenvalue weighted by Crippen LogP contribution is -2.16. The second-order valence-electron chi connectivity index (χ2n) is 4.05. The molecule has 4 heteroatoms. The highest BCUT2D eigenvalue weighted by atomic mass is 32.1. The Labute approximate surface area is 96.7 Å². The number of aromatic hydroxyl groups is 1. The molecule has 0 aliphatic carbocycles. The zero-order valence-electron chi connectivity index (χ0n) is 8.72. The number of hydrogen-bond acceptors (Lipinski definition) is 3. The zero-order chi connectivity index (χ0) is 11.1. The summed E-state index contributed by atoms with van der Waals surface area (Å²) >= 11 is 1.60. The smallest absolute Gasteiger partial charge is 0.128 e. The fraction of sp³-hybridized carbons (Fsp3) is 0.333. The van der Waals surface area contributed by atoms with Gasteiger partial charge in [-0.25, -0.2) is 4.39 Å². The summed E-state index contributed by atoms with van der Waals surface area (Å²) in [6.45, 7) is 1.89. The molecule has 0 radical (unpaired) electrons. The van der Waals surface area contributed by atoms with Gasteiger partial charge in [0.2, 0.25) is 0 Å². The monoisotopic (exact) mass is 237 g/mol. The highest BCUT2D eigenvalue weighted by molar-refractivity contribution is 7.19. The topological polar surface area (TPSA) is 32.3 Å². The van der Waals surface area contributed by atoms with E-state index in [1.54, 1.807) is 11.3 Å². The highest BCUT2D eigenvalue weighted by Crippen LogP contribution is 2.38. The number of phenols is 1. The van der Waals surface area contributed by atoms with Crippen LogP contribution in [0.25, 0.3) is 10.1 Å². The molecule has 0 bridgehead atoms. The van der Waals surface area contributed by atoms with Crippen molar-refractivity contribution in [3.63, 3.8) is 0 Å². The Hall–Kier alpha value is -1.13. The Kier molecular flexibility index (Phi) is 2.33. The van der Waals surface area contributed by atoms with Crippen LogP contribution in [-0.2, 0) is 12.8 Å². The van der Waals surface area contributed by atoms with E-state index in [9.17, 15) is 9.50 Å². The van der Waals surface area contributed by atoms with E-state index in [-0.39, 0.29) is 11.6 Å². The van der Waals surface area contributed by atoms with Crippen molar-refractivity contribution in [3.05, 3.63) is 28.4 Å². The van der Waals surface area contributed by atoms with E-state index >= 15 is 0 Å². The molecule has 1 aliphatic rings. The van der Waals surface area contributed by atoms with Gasteiger partial charge in [0.25, 0.3) is 0 Å². The molecular formula is C12H12FNOS. The molecule has 2 heterocycles. The third-order valence-electron chi connectivity index (χ3n) is 3.00. The maximum Gasteiger partial charge on any atom is 0.128 e. The summed E-state index contributed by atoms with van der Waals surface area (Å²) in [5, 5.41) is 14.0. The van der Waals surface area contributed by atoms with Gasteiger partial charge in [-0.1, -0.05) is 0 Å². The van der Waals surface area contributed by atoms with Crippen molar-refractivity contribution < 1.29 is 9.50 Å². The molecule has 0 atom stereocenters. The van der Waals surface area contributed by atoms with Crippen LogP contribution in [0.4, 0.5) is 4.39 Å². The van der Waals surface area contributed by atoms with Crippen molar-refractivity contribution in [2.75, 3.05) is 13.1 Å². The maximum absolute atomic E-state index is 13.2. The molecule has 2 N–H and O–H groups in total. The first-order chi connectivity index (χ1) is 7.75. The lowest BCUT2D eigenvalue weighted by molar-refractivity contribution is 0.475. The normalized spacial score (nSPS) is 16.1. The summed E-state index contributed by atoms with van der Waals surface area (Å²) in [5.74, 6) is -0.283. The molecule has 0 spiro atoms. The lowest BCUT2D eigenvalue weighted by Gasteiger charge is -2.01. The number of halogens is 1. The van der Waals surface area contributed by atoms with Gasteiger partial charge in [0, 0.05) is 21.0 Å². The van der Waals surface area contributed by atoms with Gasteiger partial charge in [-0.15, -0.1) is 11.3 Å². The van der Waals surface area contributed by atoms with Gasteiger partial charge in [-0.2, -0.15) is 0 Å². The lowest BCUT2D eigenvalue weighted by atomic mass is 10.1. The summed E-state index contributed by atoms with van der Waals surface area (Å²) in [7, 11) is 0. The van der Waals surface area contributed by atoms with Crippen molar-refractivity contribution in [1.29, 1.82) is 0 Å². The molecule has 84 valence electrons. The first kappa shape index (κ1) is 10.1. The SMILES string of the molecule is Oc1cc(F)cc2sc3c(c12)CCNCC3. The van der Waals surface area contributed by atoms with Crippen molar-refractivity contribution in [3.8, 4) is 5.75 Å². The second-order valence-corrected chi connectivity index (χ2v) is 5.19. The van der Waals surface area contributed by atoms with Gasteiger partial charge in [-0.05, 0) is 37.6 Å². The second kappa shape index (κ2) is 3.71. The average molecular weight is 237 g/mol. The van der Waals surface area contributed by atoms with E-state index < -0.39 is 0 Å². The third kappa shape index (κ3) is 1.49. The molecule has 0 saturated heterocycles. The summed E-state index contributed by atoms with van der Waals surface area (Å²) in [6.07, 6.45) is 1.88. The summed E-state index contributed by atoms with van der Waals surface area (Å²) < 4.78 is 14.0. The first-order valence-corrected chi connectivity index (χ1v) is 6.21. The minimum absolute atomic E-state index is 0.0781. The molecule has 1 aliphatic heterocycles. The molecule has 2 nitrogen and oxygen atoms in total. The van der Waals surface area contributed by atoms with Crippen LogP contribution in [0.5, 0.6) is 5.75 Å². The molecule has 0 saturated carbocycles. The molecule has 3 rings (SSSR count). The summed E-state index contributed by atoms with van der Waals surface area (Å²) in [5.41, 5.74) is 1.20. The summed E-state index contributed by atoms with van der Waals surface area (Å²) in [6, 6.07) is 2.72. The standard InChI is InChI=1S/C12H12FNOS/c13-7-5-9(15)12-8-1-3-14-4-2-10(8)16-11(12)6-7/h5-6,14-15H,1-4H2. The van der Waals surface area contributed by atoms with Crippen LogP contribution in [0, 0.1) is 5.82 Å². The van der Waals surface area contributed by atoms with E-state index in [4.69, 9.17) is 0 Å². The first-order valence-electron chi connectivity index (χ1n) is 5.39. The van der Waals surface area contributed by atoms with Crippen LogP contribution >= 0.6 is 11.3 Å². The third-order valence-corrected chi connectivity index (χ3v) is 4.24. The van der Waals surface area contributed by atoms with Crippen molar-refractivity contribution in [1.82, 2.24) is 5.32 Å². The number of nitrogens with one attached hydrogen (secondary N) is 1. The molecule has 0 unspecified atom stereocenters. The van der Waals surface area contributed by atoms with E-state index in [1.165, 1.54) is 22.6 Å². The summed E-state index contributed by atoms with van der Waals surface area (Å²) in [4.78, 5) is 1.28. The number of hydrogen-bond donors (Lipinski definition) is 2. The van der Waals surface area contributed by atoms with Gasteiger partial charge in [0.05, 0.1) is 0 Å². The van der Waals surface area contributed by atoms with E-state index in [2.05, 4.69) is 5.32 Å². The molecule has 1 aromatic carbocycles. The van der Waals surface area contributed by atoms with Crippen molar-refractivity contribution in [2.24, 2.45) is 0 Å². The zero-order valence-corrected chi connectivity index (χ0v) is 9.53. The van der Waals surface area contributed by atoms with Gasteiger partial charge in [0.15, 0.2) is 0 Å². The minimum Gasteiger partial charge on any atom is -0.507 e. The molecule has 16 heavy (non-hydrogen) atoms. The molecule has 0 amide bonds. The Morgan fingerprint density at radius 2 is 2.06 bits per heavy atom. The van der Waals surface area contributed by atoms with Gasteiger partial charge in [-0.3, -0.25) is 0 Å². The van der Waals surface area contributed by atoms with Crippen molar-refractivity contribution >= 4 is 21.4 Å². The molecule has 1 aromatic heterocycles. The molecular weight excluding hydrogens is 225 g/mol. The van der Waals surface area contributed by atoms with Crippen LogP contribution in [0.2, 0.25) is 0 Å². The number of phenolic OH excluding ortho intramolecular Hbond substituents is 1. The van der Waals surface area contributed by atoms with Gasteiger partial charge in [0.1, 0.15) is 11.6 Å². The van der Waals surface area contributed by atoms with Gasteiger partial charge < -0.3 is 10.4 Å². The highest BCUT2D eigenvalue weighted by Gasteiger charge is 2.17. The minimum atomic E-state index is -0.362. The number of benzene rings is 1. The van der Waals surface area contributed by atoms with E-state index in [0.29, 0.717) is 0 Å². The Morgan fingerprint density at radius 3 is 2.94 bits per heavy atom. The number of rotatable bonds is 0. The average Bonchev–Trinajstić information content (AvgIpc) is 2.42. The fourth-order valence-corrected chi connectivity index (χ4v) is 3.59. The quantitative estimate of drug-likeness (QED) is 0.737. The Balaban J connectivity index is 2.29. The van der Waals surface area contributed by atoms with Crippen LogP contribution in [0.1, 0.15) is 10.4 Å². The van der Waals surface area contributed by atoms with E-state index in [1.807, 2.05) is 0 Å². The van der Waals surface area contributed by atoms with Gasteiger partial charge >= 0.3 is 0 Å². The number of thiophene rings is 1. The maximum atomic E-state index is 13.2. The number of fused-ring (bicyclic) bond motifs is 3. The predicted octanol–water partition coefficient (Wildman–Crippen LogP) is 2.43. The largest absolute Gasteiger partial charge is 0.507 e. The van der Waals surface area contributed by atoms with Crippen LogP contribution in [0.15, 0.2) is 12.1 Å². The predicted molar refractivity (Wildman–Crippen MR) is 63.7 cm³/mol. The van der Waals surface area contributed by atoms with Crippen LogP contribution in [0.3, 0.4) is 0 Å². The van der Waals surface area contributed by atoms with Crippen LogP contribution < -0.4 is 5.32 Å². The molecule has 0 fully saturated rings.